The van der Waals surface area contributed by atoms with Crippen molar-refractivity contribution in [1.82, 2.24) is 4.98 Å². The van der Waals surface area contributed by atoms with Crippen LogP contribution in [-0.4, -0.2) is 26.9 Å². The average molecular weight is 446 g/mol. The Morgan fingerprint density at radius 3 is 2.48 bits per heavy atom. The van der Waals surface area contributed by atoms with Crippen molar-refractivity contribution in [1.29, 1.82) is 0 Å². The Bertz CT molecular complexity index is 1470. The third-order valence-corrected chi connectivity index (χ3v) is 5.66. The summed E-state index contributed by atoms with van der Waals surface area (Å²) in [5.74, 6) is -4.87. The van der Waals surface area contributed by atoms with Crippen LogP contribution in [0, 0.1) is 11.6 Å². The van der Waals surface area contributed by atoms with Gasteiger partial charge in [0, 0.05) is 34.4 Å². The molecule has 1 aliphatic rings. The molecular formula is C25H16F2N2O4. The van der Waals surface area contributed by atoms with Gasteiger partial charge in [0.05, 0.1) is 11.6 Å². The number of nitrogens with one attached hydrogen (secondary N) is 1. The number of amides is 1. The van der Waals surface area contributed by atoms with Crippen LogP contribution in [0.25, 0.3) is 16.7 Å². The summed E-state index contributed by atoms with van der Waals surface area (Å²) in [6.07, 6.45) is 1.52. The number of anilines is 1. The SMILES string of the molecule is O=C1C(=O)N(c2ccc(F)c(F)c2)C(c2cccc(O)c2)/C1=C(/O)c1c[nH]c2ccccc12. The minimum absolute atomic E-state index is 0.0673. The van der Waals surface area contributed by atoms with Gasteiger partial charge in [-0.3, -0.25) is 14.5 Å². The first-order chi connectivity index (χ1) is 15.9. The van der Waals surface area contributed by atoms with Gasteiger partial charge in [-0.2, -0.15) is 0 Å². The molecule has 0 spiro atoms. The Morgan fingerprint density at radius 1 is 0.939 bits per heavy atom. The normalized spacial score (nSPS) is 17.8. The number of para-hydroxylation sites is 1. The highest BCUT2D eigenvalue weighted by molar-refractivity contribution is 6.51. The zero-order valence-electron chi connectivity index (χ0n) is 16.9. The lowest BCUT2D eigenvalue weighted by molar-refractivity contribution is -0.132. The molecular weight excluding hydrogens is 430 g/mol. The van der Waals surface area contributed by atoms with Crippen molar-refractivity contribution in [3.8, 4) is 5.75 Å². The minimum atomic E-state index is -1.19. The van der Waals surface area contributed by atoms with E-state index in [1.54, 1.807) is 30.3 Å². The second kappa shape index (κ2) is 7.59. The molecule has 8 heteroatoms. The first-order valence-corrected chi connectivity index (χ1v) is 9.98. The number of aromatic amines is 1. The lowest BCUT2D eigenvalue weighted by atomic mass is 9.95. The summed E-state index contributed by atoms with van der Waals surface area (Å²) in [4.78, 5) is 30.2. The zero-order valence-corrected chi connectivity index (χ0v) is 16.9. The van der Waals surface area contributed by atoms with Crippen LogP contribution in [0.2, 0.25) is 0 Å². The highest BCUT2D eigenvalue weighted by atomic mass is 19.2. The summed E-state index contributed by atoms with van der Waals surface area (Å²) in [6, 6.07) is 14.6. The molecule has 0 saturated carbocycles. The molecule has 1 amide bonds. The number of carbonyl (C=O) groups is 2. The van der Waals surface area contributed by atoms with Gasteiger partial charge in [0.25, 0.3) is 11.7 Å². The van der Waals surface area contributed by atoms with Crippen molar-refractivity contribution >= 4 is 34.0 Å². The van der Waals surface area contributed by atoms with Crippen molar-refractivity contribution in [3.63, 3.8) is 0 Å². The molecule has 3 aromatic carbocycles. The van der Waals surface area contributed by atoms with Gasteiger partial charge < -0.3 is 15.2 Å². The fourth-order valence-corrected chi connectivity index (χ4v) is 4.16. The molecule has 4 aromatic rings. The van der Waals surface area contributed by atoms with Crippen molar-refractivity contribution in [2.24, 2.45) is 0 Å². The number of ketones is 1. The number of carbonyl (C=O) groups excluding carboxylic acids is 2. The minimum Gasteiger partial charge on any atom is -0.508 e. The zero-order chi connectivity index (χ0) is 23.3. The number of H-pyrrole nitrogens is 1. The molecule has 1 atom stereocenters. The highest BCUT2D eigenvalue weighted by Crippen LogP contribution is 2.43. The molecule has 1 fully saturated rings. The predicted octanol–water partition coefficient (Wildman–Crippen LogP) is 4.78. The Balaban J connectivity index is 1.77. The molecule has 0 bridgehead atoms. The van der Waals surface area contributed by atoms with Crippen LogP contribution in [0.5, 0.6) is 5.75 Å². The van der Waals surface area contributed by atoms with Gasteiger partial charge in [-0.1, -0.05) is 30.3 Å². The second-order valence-corrected chi connectivity index (χ2v) is 7.61. The molecule has 1 saturated heterocycles. The molecule has 1 unspecified atom stereocenters. The number of rotatable bonds is 3. The number of hydrogen-bond donors (Lipinski definition) is 3. The van der Waals surface area contributed by atoms with Gasteiger partial charge in [0.2, 0.25) is 0 Å². The number of phenols is 1. The van der Waals surface area contributed by atoms with Crippen LogP contribution in [0.15, 0.2) is 78.5 Å². The fourth-order valence-electron chi connectivity index (χ4n) is 4.16. The Kier molecular flexibility index (Phi) is 4.70. The molecule has 33 heavy (non-hydrogen) atoms. The third kappa shape index (κ3) is 3.23. The van der Waals surface area contributed by atoms with Gasteiger partial charge in [0.1, 0.15) is 11.5 Å². The van der Waals surface area contributed by atoms with E-state index in [0.717, 1.165) is 17.0 Å². The summed E-state index contributed by atoms with van der Waals surface area (Å²) in [5.41, 5.74) is 1.02. The molecule has 0 radical (unpaired) electrons. The van der Waals surface area contributed by atoms with Gasteiger partial charge >= 0.3 is 0 Å². The molecule has 1 aromatic heterocycles. The third-order valence-electron chi connectivity index (χ3n) is 5.66. The standard InChI is InChI=1S/C25H16F2N2O4/c26-18-9-8-14(11-19(18)27)29-22(13-4-3-5-15(30)10-13)21(24(32)25(29)33)23(31)17-12-28-20-7-2-1-6-16(17)20/h1-12,22,28,30-31H/b23-21-. The van der Waals surface area contributed by atoms with Crippen LogP contribution >= 0.6 is 0 Å². The maximum absolute atomic E-state index is 14.0. The highest BCUT2D eigenvalue weighted by Gasteiger charge is 2.47. The van der Waals surface area contributed by atoms with Crippen molar-refractivity contribution in [2.45, 2.75) is 6.04 Å². The monoisotopic (exact) mass is 446 g/mol. The quantitative estimate of drug-likeness (QED) is 0.240. The molecule has 3 N–H and O–H groups in total. The fraction of sp³-hybridized carbons (Fsp3) is 0.0400. The van der Waals surface area contributed by atoms with Crippen LogP contribution < -0.4 is 4.90 Å². The summed E-state index contributed by atoms with van der Waals surface area (Å²) in [5, 5.41) is 21.9. The lowest BCUT2D eigenvalue weighted by Crippen LogP contribution is -2.29. The van der Waals surface area contributed by atoms with E-state index >= 15 is 0 Å². The number of halogens is 2. The first-order valence-electron chi connectivity index (χ1n) is 9.98. The van der Waals surface area contributed by atoms with Gasteiger partial charge in [-0.25, -0.2) is 8.78 Å². The molecule has 2 heterocycles. The van der Waals surface area contributed by atoms with Crippen molar-refractivity contribution in [3.05, 3.63) is 101 Å². The maximum atomic E-state index is 14.0. The average Bonchev–Trinajstić information content (AvgIpc) is 3.35. The van der Waals surface area contributed by atoms with Gasteiger partial charge in [-0.15, -0.1) is 0 Å². The van der Waals surface area contributed by atoms with E-state index in [-0.39, 0.29) is 17.0 Å². The molecule has 0 aliphatic carbocycles. The summed E-state index contributed by atoms with van der Waals surface area (Å²) < 4.78 is 27.5. The van der Waals surface area contributed by atoms with E-state index in [2.05, 4.69) is 4.98 Å². The number of nitrogens with zero attached hydrogens (tertiary/aromatic N) is 1. The molecule has 164 valence electrons. The lowest BCUT2D eigenvalue weighted by Gasteiger charge is -2.25. The van der Waals surface area contributed by atoms with Crippen LogP contribution in [0.4, 0.5) is 14.5 Å². The largest absolute Gasteiger partial charge is 0.508 e. The summed E-state index contributed by atoms with van der Waals surface area (Å²) in [6.45, 7) is 0. The van der Waals surface area contributed by atoms with E-state index in [4.69, 9.17) is 0 Å². The van der Waals surface area contributed by atoms with Crippen LogP contribution in [0.3, 0.4) is 0 Å². The molecule has 6 nitrogen and oxygen atoms in total. The van der Waals surface area contributed by atoms with E-state index in [1.807, 2.05) is 0 Å². The number of phenolic OH excluding ortho intramolecular Hbond substituents is 1. The smallest absolute Gasteiger partial charge is 0.300 e. The van der Waals surface area contributed by atoms with Gasteiger partial charge in [0.15, 0.2) is 11.6 Å². The topological polar surface area (TPSA) is 93.6 Å². The van der Waals surface area contributed by atoms with E-state index in [0.29, 0.717) is 22.0 Å². The number of aromatic hydroxyl groups is 1. The molecule has 5 rings (SSSR count). The maximum Gasteiger partial charge on any atom is 0.300 e. The Hall–Kier alpha value is -4.46. The Labute approximate surface area is 186 Å². The van der Waals surface area contributed by atoms with Gasteiger partial charge in [-0.05, 0) is 35.9 Å². The summed E-state index contributed by atoms with van der Waals surface area (Å²) >= 11 is 0. The molecule has 1 aliphatic heterocycles. The van der Waals surface area contributed by atoms with E-state index in [9.17, 15) is 28.6 Å². The van der Waals surface area contributed by atoms with E-state index < -0.39 is 35.1 Å². The number of benzene rings is 3. The van der Waals surface area contributed by atoms with Crippen LogP contribution in [0.1, 0.15) is 17.2 Å². The number of Topliss-reactive ketones (excluding diaryl/α,β-unsaturated/α-hetero) is 1. The number of aliphatic hydroxyl groups is 1. The predicted molar refractivity (Wildman–Crippen MR) is 118 cm³/mol. The van der Waals surface area contributed by atoms with Crippen molar-refractivity contribution in [2.75, 3.05) is 4.90 Å². The second-order valence-electron chi connectivity index (χ2n) is 7.61. The van der Waals surface area contributed by atoms with E-state index in [1.165, 1.54) is 30.5 Å². The number of aliphatic hydroxyl groups excluding tert-OH is 1. The Morgan fingerprint density at radius 2 is 1.73 bits per heavy atom. The summed E-state index contributed by atoms with van der Waals surface area (Å²) in [7, 11) is 0. The number of aromatic nitrogens is 1. The number of fused-ring (bicyclic) bond motifs is 1. The van der Waals surface area contributed by atoms with Crippen LogP contribution in [-0.2, 0) is 9.59 Å². The van der Waals surface area contributed by atoms with Crippen molar-refractivity contribution < 1.29 is 28.6 Å². The first kappa shape index (κ1) is 20.4. The number of hydrogen-bond acceptors (Lipinski definition) is 4.